The van der Waals surface area contributed by atoms with Crippen molar-refractivity contribution in [2.45, 2.75) is 6.92 Å². The Morgan fingerprint density at radius 1 is 1.23 bits per heavy atom. The third-order valence-corrected chi connectivity index (χ3v) is 4.08. The van der Waals surface area contributed by atoms with Crippen molar-refractivity contribution >= 4 is 11.6 Å². The lowest BCUT2D eigenvalue weighted by molar-refractivity contribution is 0.414. The van der Waals surface area contributed by atoms with Gasteiger partial charge in [0.25, 0.3) is 0 Å². The van der Waals surface area contributed by atoms with Crippen LogP contribution in [0, 0.1) is 35.9 Å². The molecular formula is C20H13ClFN3O. The van der Waals surface area contributed by atoms with Gasteiger partial charge in [-0.15, -0.1) is 0 Å². The van der Waals surface area contributed by atoms with E-state index < -0.39 is 5.82 Å². The largest absolute Gasteiger partial charge is 0.497 e. The van der Waals surface area contributed by atoms with Gasteiger partial charge >= 0.3 is 0 Å². The minimum Gasteiger partial charge on any atom is -0.497 e. The van der Waals surface area contributed by atoms with Crippen LogP contribution in [-0.4, -0.2) is 17.1 Å². The highest BCUT2D eigenvalue weighted by atomic mass is 35.5. The van der Waals surface area contributed by atoms with Gasteiger partial charge in [-0.3, -0.25) is 0 Å². The topological polar surface area (TPSA) is 61.7 Å². The summed E-state index contributed by atoms with van der Waals surface area (Å²) in [6, 6.07) is 11.8. The van der Waals surface area contributed by atoms with E-state index in [-0.39, 0.29) is 22.1 Å². The normalized spacial score (nSPS) is 9.96. The summed E-state index contributed by atoms with van der Waals surface area (Å²) in [4.78, 5) is 7.01. The predicted octanol–water partition coefficient (Wildman–Crippen LogP) is 4.46. The SMILES string of the molecule is COc1ccc(C#Cc2[nH]c(-c3c(F)cccc3Cl)nc2C#N)c(C)c1. The number of nitriles is 1. The maximum Gasteiger partial charge on any atom is 0.175 e. The van der Waals surface area contributed by atoms with Gasteiger partial charge in [0.1, 0.15) is 29.2 Å². The predicted molar refractivity (Wildman–Crippen MR) is 97.4 cm³/mol. The number of nitrogens with one attached hydrogen (secondary N) is 1. The van der Waals surface area contributed by atoms with Crippen molar-refractivity contribution in [2.24, 2.45) is 0 Å². The van der Waals surface area contributed by atoms with Crippen molar-refractivity contribution in [2.75, 3.05) is 7.11 Å². The van der Waals surface area contributed by atoms with Crippen LogP contribution in [-0.2, 0) is 0 Å². The Labute approximate surface area is 155 Å². The minimum atomic E-state index is -0.527. The molecule has 1 N–H and O–H groups in total. The molecule has 0 radical (unpaired) electrons. The Morgan fingerprint density at radius 3 is 2.69 bits per heavy atom. The number of nitrogens with zero attached hydrogens (tertiary/aromatic N) is 2. The van der Waals surface area contributed by atoms with Gasteiger partial charge in [-0.1, -0.05) is 23.6 Å². The van der Waals surface area contributed by atoms with Crippen LogP contribution in [0.15, 0.2) is 36.4 Å². The summed E-state index contributed by atoms with van der Waals surface area (Å²) in [6.45, 7) is 1.91. The number of rotatable bonds is 2. The zero-order valence-corrected chi connectivity index (χ0v) is 14.8. The smallest absolute Gasteiger partial charge is 0.175 e. The maximum atomic E-state index is 14.1. The van der Waals surface area contributed by atoms with Crippen LogP contribution >= 0.6 is 11.6 Å². The van der Waals surface area contributed by atoms with Crippen molar-refractivity contribution in [3.63, 3.8) is 0 Å². The molecule has 3 rings (SSSR count). The average molecular weight is 366 g/mol. The van der Waals surface area contributed by atoms with Crippen molar-refractivity contribution < 1.29 is 9.13 Å². The van der Waals surface area contributed by atoms with Gasteiger partial charge in [0.15, 0.2) is 5.69 Å². The van der Waals surface area contributed by atoms with E-state index >= 15 is 0 Å². The zero-order chi connectivity index (χ0) is 18.7. The fourth-order valence-electron chi connectivity index (χ4n) is 2.42. The van der Waals surface area contributed by atoms with E-state index in [1.807, 2.05) is 25.1 Å². The number of halogens is 2. The molecule has 6 heteroatoms. The second-order valence-corrected chi connectivity index (χ2v) is 5.86. The molecule has 0 aliphatic carbocycles. The van der Waals surface area contributed by atoms with Gasteiger partial charge < -0.3 is 9.72 Å². The second-order valence-electron chi connectivity index (χ2n) is 5.45. The van der Waals surface area contributed by atoms with Crippen LogP contribution in [0.25, 0.3) is 11.4 Å². The highest BCUT2D eigenvalue weighted by molar-refractivity contribution is 6.33. The van der Waals surface area contributed by atoms with Crippen LogP contribution < -0.4 is 4.74 Å². The molecule has 1 aromatic heterocycles. The van der Waals surface area contributed by atoms with Crippen LogP contribution in [0.2, 0.25) is 5.02 Å². The van der Waals surface area contributed by atoms with E-state index in [4.69, 9.17) is 16.3 Å². The number of H-pyrrole nitrogens is 1. The van der Waals surface area contributed by atoms with E-state index in [0.29, 0.717) is 5.69 Å². The number of hydrogen-bond acceptors (Lipinski definition) is 3. The molecular weight excluding hydrogens is 353 g/mol. The number of aromatic nitrogens is 2. The minimum absolute atomic E-state index is 0.0815. The summed E-state index contributed by atoms with van der Waals surface area (Å²) in [5.41, 5.74) is 2.22. The number of benzene rings is 2. The third-order valence-electron chi connectivity index (χ3n) is 3.77. The van der Waals surface area contributed by atoms with Crippen molar-refractivity contribution in [3.05, 3.63) is 69.8 Å². The summed E-state index contributed by atoms with van der Waals surface area (Å²) in [5.74, 6) is 6.27. The summed E-state index contributed by atoms with van der Waals surface area (Å²) in [7, 11) is 1.60. The van der Waals surface area contributed by atoms with Gasteiger partial charge in [-0.05, 0) is 48.7 Å². The number of aryl methyl sites for hydroxylation is 1. The Hall–Kier alpha value is -3.28. The molecule has 0 bridgehead atoms. The molecule has 0 saturated heterocycles. The standard InChI is InChI=1S/C20H13ClFN3O/c1-12-10-14(26-2)8-6-13(12)7-9-17-18(11-23)25-20(24-17)19-15(21)4-3-5-16(19)22/h3-6,8,10H,1-2H3,(H,24,25). The molecule has 4 nitrogen and oxygen atoms in total. The van der Waals surface area contributed by atoms with Crippen LogP contribution in [0.4, 0.5) is 4.39 Å². The van der Waals surface area contributed by atoms with Gasteiger partial charge in [0.2, 0.25) is 0 Å². The Morgan fingerprint density at radius 2 is 2.04 bits per heavy atom. The van der Waals surface area contributed by atoms with Crippen LogP contribution in [0.1, 0.15) is 22.5 Å². The fraction of sp³-hybridized carbons (Fsp3) is 0.100. The molecule has 0 saturated carbocycles. The number of aromatic amines is 1. The molecule has 0 unspecified atom stereocenters. The highest BCUT2D eigenvalue weighted by Crippen LogP contribution is 2.29. The third kappa shape index (κ3) is 3.39. The first-order chi connectivity index (χ1) is 12.5. The summed E-state index contributed by atoms with van der Waals surface area (Å²) >= 11 is 6.06. The Bertz CT molecular complexity index is 1070. The highest BCUT2D eigenvalue weighted by Gasteiger charge is 2.16. The average Bonchev–Trinajstić information content (AvgIpc) is 3.03. The van der Waals surface area contributed by atoms with E-state index in [0.717, 1.165) is 16.9 Å². The van der Waals surface area contributed by atoms with Crippen molar-refractivity contribution in [3.8, 4) is 35.0 Å². The van der Waals surface area contributed by atoms with Gasteiger partial charge in [-0.25, -0.2) is 9.37 Å². The van der Waals surface area contributed by atoms with Gasteiger partial charge in [-0.2, -0.15) is 5.26 Å². The zero-order valence-electron chi connectivity index (χ0n) is 14.0. The molecule has 0 amide bonds. The molecule has 0 spiro atoms. The first kappa shape index (κ1) is 17.5. The molecule has 2 aromatic carbocycles. The summed E-state index contributed by atoms with van der Waals surface area (Å²) in [6.07, 6.45) is 0. The number of hydrogen-bond donors (Lipinski definition) is 1. The first-order valence-corrected chi connectivity index (χ1v) is 8.02. The summed E-state index contributed by atoms with van der Waals surface area (Å²) < 4.78 is 19.2. The molecule has 0 fully saturated rings. The van der Waals surface area contributed by atoms with Crippen molar-refractivity contribution in [1.82, 2.24) is 9.97 Å². The number of ether oxygens (including phenoxy) is 1. The van der Waals surface area contributed by atoms with E-state index in [2.05, 4.69) is 21.8 Å². The molecule has 26 heavy (non-hydrogen) atoms. The lowest BCUT2D eigenvalue weighted by Gasteiger charge is -2.02. The van der Waals surface area contributed by atoms with Gasteiger partial charge in [0.05, 0.1) is 17.7 Å². The number of imidazole rings is 1. The van der Waals surface area contributed by atoms with E-state index in [1.165, 1.54) is 12.1 Å². The Balaban J connectivity index is 2.03. The van der Waals surface area contributed by atoms with Crippen LogP contribution in [0.3, 0.4) is 0 Å². The second kappa shape index (κ2) is 7.31. The van der Waals surface area contributed by atoms with E-state index in [1.54, 1.807) is 19.2 Å². The van der Waals surface area contributed by atoms with Crippen molar-refractivity contribution in [1.29, 1.82) is 5.26 Å². The summed E-state index contributed by atoms with van der Waals surface area (Å²) in [5, 5.41) is 9.50. The fourth-order valence-corrected chi connectivity index (χ4v) is 2.67. The molecule has 0 atom stereocenters. The monoisotopic (exact) mass is 365 g/mol. The van der Waals surface area contributed by atoms with Crippen LogP contribution in [0.5, 0.6) is 5.75 Å². The quantitative estimate of drug-likeness (QED) is 0.682. The molecule has 0 aliphatic heterocycles. The molecule has 3 aromatic rings. The number of methoxy groups -OCH3 is 1. The molecule has 128 valence electrons. The maximum absolute atomic E-state index is 14.1. The van der Waals surface area contributed by atoms with Gasteiger partial charge in [0, 0.05) is 5.56 Å². The van der Waals surface area contributed by atoms with E-state index in [9.17, 15) is 9.65 Å². The lowest BCUT2D eigenvalue weighted by Crippen LogP contribution is -1.88. The molecule has 0 aliphatic rings. The first-order valence-electron chi connectivity index (χ1n) is 7.64. The molecule has 1 heterocycles. The lowest BCUT2D eigenvalue weighted by atomic mass is 10.1. The Kier molecular flexibility index (Phi) is 4.93.